The zero-order valence-corrected chi connectivity index (χ0v) is 14.3. The van der Waals surface area contributed by atoms with Crippen LogP contribution in [0.5, 0.6) is 0 Å². The smallest absolute Gasteiger partial charge is 0.328 e. The van der Waals surface area contributed by atoms with Crippen LogP contribution in [0.25, 0.3) is 0 Å². The number of hydrogen-bond donors (Lipinski definition) is 2. The summed E-state index contributed by atoms with van der Waals surface area (Å²) in [5.74, 6) is -0.653. The van der Waals surface area contributed by atoms with Gasteiger partial charge in [-0.05, 0) is 25.7 Å². The summed E-state index contributed by atoms with van der Waals surface area (Å²) in [4.78, 5) is 23.0. The molecule has 1 saturated heterocycles. The number of esters is 1. The molecular weight excluding hydrogens is 294 g/mol. The Morgan fingerprint density at radius 1 is 1.30 bits per heavy atom. The van der Waals surface area contributed by atoms with E-state index in [-0.39, 0.29) is 18.3 Å². The van der Waals surface area contributed by atoms with Gasteiger partial charge in [-0.25, -0.2) is 4.79 Å². The molecule has 23 heavy (non-hydrogen) atoms. The van der Waals surface area contributed by atoms with Crippen molar-refractivity contribution >= 4 is 11.9 Å². The van der Waals surface area contributed by atoms with Gasteiger partial charge in [-0.2, -0.15) is 0 Å². The van der Waals surface area contributed by atoms with E-state index >= 15 is 0 Å². The highest BCUT2D eigenvalue weighted by Crippen LogP contribution is 2.10. The average Bonchev–Trinajstić information content (AvgIpc) is 2.90. The largest absolute Gasteiger partial charge is 0.464 e. The average molecular weight is 325 g/mol. The van der Waals surface area contributed by atoms with Crippen LogP contribution >= 0.6 is 0 Å². The first-order chi connectivity index (χ1) is 11.1. The number of aliphatic hydroxyl groups excluding tert-OH is 1. The van der Waals surface area contributed by atoms with Crippen LogP contribution in [0.2, 0.25) is 0 Å². The monoisotopic (exact) mass is 325 g/mol. The first-order valence-corrected chi connectivity index (χ1v) is 8.92. The molecule has 0 aromatic rings. The van der Waals surface area contributed by atoms with Gasteiger partial charge in [0.1, 0.15) is 6.04 Å². The number of nitrogens with one attached hydrogen (secondary N) is 1. The molecular formula is C18H31NO4. The van der Waals surface area contributed by atoms with E-state index in [0.29, 0.717) is 19.4 Å². The molecule has 1 rings (SSSR count). The second-order valence-corrected chi connectivity index (χ2v) is 6.19. The van der Waals surface area contributed by atoms with Crippen molar-refractivity contribution in [1.82, 2.24) is 5.32 Å². The Morgan fingerprint density at radius 2 is 2.04 bits per heavy atom. The molecule has 2 N–H and O–H groups in total. The highest BCUT2D eigenvalue weighted by molar-refractivity contribution is 5.85. The summed E-state index contributed by atoms with van der Waals surface area (Å²) in [5, 5.41) is 12.5. The number of cyclic esters (lactones) is 1. The lowest BCUT2D eigenvalue weighted by molar-refractivity contribution is -0.141. The molecule has 1 unspecified atom stereocenters. The van der Waals surface area contributed by atoms with Gasteiger partial charge in [0, 0.05) is 6.42 Å². The number of ether oxygens (including phenoxy) is 1. The fourth-order valence-electron chi connectivity index (χ4n) is 2.57. The van der Waals surface area contributed by atoms with Gasteiger partial charge < -0.3 is 15.2 Å². The quantitative estimate of drug-likeness (QED) is 0.329. The lowest BCUT2D eigenvalue weighted by atomic mass is 10.1. The molecule has 5 nitrogen and oxygen atoms in total. The van der Waals surface area contributed by atoms with Crippen molar-refractivity contribution in [2.75, 3.05) is 6.61 Å². The van der Waals surface area contributed by atoms with Crippen molar-refractivity contribution < 1.29 is 19.4 Å². The third-order valence-corrected chi connectivity index (χ3v) is 3.99. The number of hydrogen-bond acceptors (Lipinski definition) is 4. The van der Waals surface area contributed by atoms with Gasteiger partial charge >= 0.3 is 5.97 Å². The molecule has 1 aliphatic rings. The second-order valence-electron chi connectivity index (χ2n) is 6.19. The summed E-state index contributed by atoms with van der Waals surface area (Å²) in [6.45, 7) is 2.55. The van der Waals surface area contributed by atoms with E-state index in [0.717, 1.165) is 25.7 Å². The number of carbonyl (C=O) groups is 2. The molecule has 1 heterocycles. The number of rotatable bonds is 12. The van der Waals surface area contributed by atoms with E-state index in [1.165, 1.54) is 19.3 Å². The number of unbranched alkanes of at least 4 members (excludes halogenated alkanes) is 5. The van der Waals surface area contributed by atoms with Crippen molar-refractivity contribution in [3.63, 3.8) is 0 Å². The summed E-state index contributed by atoms with van der Waals surface area (Å²) in [6.07, 6.45) is 12.9. The van der Waals surface area contributed by atoms with E-state index in [2.05, 4.69) is 24.4 Å². The third-order valence-electron chi connectivity index (χ3n) is 3.99. The minimum atomic E-state index is -0.632. The minimum Gasteiger partial charge on any atom is -0.464 e. The maximum absolute atomic E-state index is 11.7. The van der Waals surface area contributed by atoms with Crippen molar-refractivity contribution in [3.8, 4) is 0 Å². The highest BCUT2D eigenvalue weighted by Gasteiger charge is 2.28. The Labute approximate surface area is 139 Å². The molecule has 0 bridgehead atoms. The van der Waals surface area contributed by atoms with Crippen molar-refractivity contribution in [2.24, 2.45) is 0 Å². The van der Waals surface area contributed by atoms with Crippen LogP contribution in [0.1, 0.15) is 71.1 Å². The number of aliphatic hydroxyl groups is 1. The normalized spacial score (nSPS) is 19.0. The zero-order chi connectivity index (χ0) is 16.9. The van der Waals surface area contributed by atoms with Crippen LogP contribution in [-0.2, 0) is 14.3 Å². The molecule has 132 valence electrons. The third kappa shape index (κ3) is 9.39. The molecule has 1 aliphatic heterocycles. The van der Waals surface area contributed by atoms with E-state index < -0.39 is 12.1 Å². The molecule has 0 aromatic carbocycles. The predicted octanol–water partition coefficient (Wildman–Crippen LogP) is 2.87. The molecule has 5 heteroatoms. The van der Waals surface area contributed by atoms with Gasteiger partial charge in [-0.3, -0.25) is 4.79 Å². The summed E-state index contributed by atoms with van der Waals surface area (Å²) in [7, 11) is 0. The molecule has 1 amide bonds. The molecule has 0 spiro atoms. The lowest BCUT2D eigenvalue weighted by Gasteiger charge is -2.12. The zero-order valence-electron chi connectivity index (χ0n) is 14.3. The Kier molecular flexibility index (Phi) is 10.4. The summed E-state index contributed by atoms with van der Waals surface area (Å²) >= 11 is 0. The van der Waals surface area contributed by atoms with E-state index in [9.17, 15) is 14.7 Å². The van der Waals surface area contributed by atoms with E-state index in [4.69, 9.17) is 4.74 Å². The van der Waals surface area contributed by atoms with Gasteiger partial charge in [-0.15, -0.1) is 0 Å². The van der Waals surface area contributed by atoms with Crippen LogP contribution in [0.4, 0.5) is 0 Å². The molecule has 0 radical (unpaired) electrons. The first kappa shape index (κ1) is 19.7. The van der Waals surface area contributed by atoms with Crippen LogP contribution in [0.15, 0.2) is 12.2 Å². The van der Waals surface area contributed by atoms with Gasteiger partial charge in [0.25, 0.3) is 0 Å². The summed E-state index contributed by atoms with van der Waals surface area (Å²) in [5.41, 5.74) is 0. The van der Waals surface area contributed by atoms with Crippen molar-refractivity contribution in [1.29, 1.82) is 0 Å². The van der Waals surface area contributed by atoms with Crippen molar-refractivity contribution in [3.05, 3.63) is 12.2 Å². The highest BCUT2D eigenvalue weighted by atomic mass is 16.5. The van der Waals surface area contributed by atoms with Crippen LogP contribution in [0, 0.1) is 0 Å². The van der Waals surface area contributed by atoms with Crippen LogP contribution < -0.4 is 5.32 Å². The molecule has 1 fully saturated rings. The lowest BCUT2D eigenvalue weighted by Crippen LogP contribution is -2.39. The summed E-state index contributed by atoms with van der Waals surface area (Å²) in [6, 6.07) is -0.533. The Bertz CT molecular complexity index is 381. The Hall–Kier alpha value is -1.36. The molecule has 2 atom stereocenters. The maximum atomic E-state index is 11.7. The second kappa shape index (κ2) is 12.1. The molecule has 0 saturated carbocycles. The number of amides is 1. The number of carbonyl (C=O) groups excluding carboxylic acids is 2. The van der Waals surface area contributed by atoms with Gasteiger partial charge in [-0.1, -0.05) is 44.8 Å². The van der Waals surface area contributed by atoms with Crippen LogP contribution in [-0.4, -0.2) is 35.7 Å². The number of allylic oxidation sites excluding steroid dienone is 2. The molecule has 0 aromatic heterocycles. The summed E-state index contributed by atoms with van der Waals surface area (Å²) < 4.78 is 4.78. The van der Waals surface area contributed by atoms with Gasteiger partial charge in [0.2, 0.25) is 5.91 Å². The molecule has 0 aliphatic carbocycles. The fraction of sp³-hybridized carbons (Fsp3) is 0.778. The maximum Gasteiger partial charge on any atom is 0.328 e. The topological polar surface area (TPSA) is 75.6 Å². The SMILES string of the molecule is CCCCC=CCCCCCC(O)CC(=O)N[C@H]1CCOC1=O. The Balaban J connectivity index is 1.99. The van der Waals surface area contributed by atoms with E-state index in [1.54, 1.807) is 0 Å². The van der Waals surface area contributed by atoms with E-state index in [1.807, 2.05) is 0 Å². The van der Waals surface area contributed by atoms with Crippen molar-refractivity contribution in [2.45, 2.75) is 83.3 Å². The van der Waals surface area contributed by atoms with Gasteiger partial charge in [0.05, 0.1) is 19.1 Å². The van der Waals surface area contributed by atoms with Gasteiger partial charge in [0.15, 0.2) is 0 Å². The minimum absolute atomic E-state index is 0.0563. The predicted molar refractivity (Wildman–Crippen MR) is 89.9 cm³/mol. The standard InChI is InChI=1S/C18H31NO4/c1-2-3-4-5-6-7-8-9-10-11-15(20)14-17(21)19-16-12-13-23-18(16)22/h5-6,15-16,20H,2-4,7-14H2,1H3,(H,19,21)/t15?,16-/m0/s1. The fourth-order valence-corrected chi connectivity index (χ4v) is 2.57. The Morgan fingerprint density at radius 3 is 2.70 bits per heavy atom. The van der Waals surface area contributed by atoms with Crippen LogP contribution in [0.3, 0.4) is 0 Å². The first-order valence-electron chi connectivity index (χ1n) is 8.92.